The van der Waals surface area contributed by atoms with Crippen molar-refractivity contribution >= 4 is 5.97 Å². The van der Waals surface area contributed by atoms with Crippen LogP contribution in [0, 0.1) is 0 Å². The molecule has 0 unspecified atom stereocenters. The van der Waals surface area contributed by atoms with Crippen molar-refractivity contribution in [1.82, 2.24) is 0 Å². The molecule has 0 radical (unpaired) electrons. The van der Waals surface area contributed by atoms with Crippen molar-refractivity contribution in [2.24, 2.45) is 5.73 Å². The largest absolute Gasteiger partial charge is 0.461 e. The van der Waals surface area contributed by atoms with Gasteiger partial charge in [-0.1, -0.05) is 30.3 Å². The lowest BCUT2D eigenvalue weighted by molar-refractivity contribution is -0.146. The molecular weight excluding hydrogens is 326 g/mol. The van der Waals surface area contributed by atoms with E-state index in [4.69, 9.17) is 29.4 Å². The van der Waals surface area contributed by atoms with Gasteiger partial charge in [-0.05, 0) is 5.56 Å². The number of esters is 1. The van der Waals surface area contributed by atoms with E-state index in [0.717, 1.165) is 5.56 Å². The number of benzene rings is 1. The van der Waals surface area contributed by atoms with E-state index in [1.807, 2.05) is 30.3 Å². The summed E-state index contributed by atoms with van der Waals surface area (Å²) >= 11 is 0. The van der Waals surface area contributed by atoms with E-state index in [2.05, 4.69) is 0 Å². The van der Waals surface area contributed by atoms with Crippen LogP contribution in [0.3, 0.4) is 0 Å². The Bertz CT molecular complexity index is 429. The number of rotatable bonds is 16. The Hall–Kier alpha value is -1.51. The predicted octanol–water partition coefficient (Wildman–Crippen LogP) is 1.15. The standard InChI is InChI=1S/C18H29NO6/c19-7-9-22-11-13-24-15-14-23-12-10-21-8-6-18(20)25-16-17-4-2-1-3-5-17/h1-5H,6-16,19H2. The summed E-state index contributed by atoms with van der Waals surface area (Å²) in [5.74, 6) is -0.268. The molecule has 0 bridgehead atoms. The Balaban J connectivity index is 1.80. The maximum absolute atomic E-state index is 11.6. The van der Waals surface area contributed by atoms with Gasteiger partial charge in [-0.3, -0.25) is 4.79 Å². The minimum absolute atomic E-state index is 0.235. The topological polar surface area (TPSA) is 89.2 Å². The number of ether oxygens (including phenoxy) is 5. The first-order chi connectivity index (χ1) is 12.3. The van der Waals surface area contributed by atoms with Gasteiger partial charge in [0.2, 0.25) is 0 Å². The molecule has 0 saturated heterocycles. The summed E-state index contributed by atoms with van der Waals surface area (Å²) in [6.07, 6.45) is 0.235. The lowest BCUT2D eigenvalue weighted by Crippen LogP contribution is -2.15. The molecule has 0 aliphatic rings. The van der Waals surface area contributed by atoms with Crippen LogP contribution in [-0.2, 0) is 35.1 Å². The zero-order valence-electron chi connectivity index (χ0n) is 14.7. The molecule has 142 valence electrons. The minimum atomic E-state index is -0.268. The van der Waals surface area contributed by atoms with Crippen molar-refractivity contribution in [2.45, 2.75) is 13.0 Å². The third-order valence-electron chi connectivity index (χ3n) is 3.07. The molecule has 0 amide bonds. The molecule has 0 fully saturated rings. The van der Waals surface area contributed by atoms with E-state index in [1.165, 1.54) is 0 Å². The molecule has 7 heteroatoms. The Kier molecular flexibility index (Phi) is 13.8. The fourth-order valence-electron chi connectivity index (χ4n) is 1.81. The van der Waals surface area contributed by atoms with Crippen LogP contribution in [0.4, 0.5) is 0 Å². The van der Waals surface area contributed by atoms with E-state index in [9.17, 15) is 4.79 Å². The van der Waals surface area contributed by atoms with Gasteiger partial charge >= 0.3 is 5.97 Å². The Morgan fingerprint density at radius 2 is 1.28 bits per heavy atom. The molecule has 1 aromatic rings. The van der Waals surface area contributed by atoms with Crippen molar-refractivity contribution < 1.29 is 28.5 Å². The molecule has 0 spiro atoms. The van der Waals surface area contributed by atoms with Crippen molar-refractivity contribution in [1.29, 1.82) is 0 Å². The normalized spacial score (nSPS) is 10.8. The second-order valence-corrected chi connectivity index (χ2v) is 5.13. The molecule has 7 nitrogen and oxygen atoms in total. The van der Waals surface area contributed by atoms with Crippen molar-refractivity contribution in [3.8, 4) is 0 Å². The van der Waals surface area contributed by atoms with Gasteiger partial charge in [-0.2, -0.15) is 0 Å². The van der Waals surface area contributed by atoms with E-state index in [-0.39, 0.29) is 12.4 Å². The van der Waals surface area contributed by atoms with Gasteiger partial charge in [0.05, 0.1) is 59.3 Å². The second-order valence-electron chi connectivity index (χ2n) is 5.13. The first kappa shape index (κ1) is 21.5. The third kappa shape index (κ3) is 13.5. The fourth-order valence-corrected chi connectivity index (χ4v) is 1.81. The predicted molar refractivity (Wildman–Crippen MR) is 93.2 cm³/mol. The molecule has 0 aliphatic carbocycles. The monoisotopic (exact) mass is 355 g/mol. The van der Waals surface area contributed by atoms with Gasteiger partial charge in [-0.15, -0.1) is 0 Å². The summed E-state index contributed by atoms with van der Waals surface area (Å²) in [5.41, 5.74) is 6.26. The van der Waals surface area contributed by atoms with Crippen LogP contribution in [0.1, 0.15) is 12.0 Å². The molecule has 2 N–H and O–H groups in total. The average Bonchev–Trinajstić information content (AvgIpc) is 2.64. The van der Waals surface area contributed by atoms with Crippen LogP contribution in [0.5, 0.6) is 0 Å². The van der Waals surface area contributed by atoms with Crippen LogP contribution < -0.4 is 5.73 Å². The Morgan fingerprint density at radius 3 is 1.84 bits per heavy atom. The second kappa shape index (κ2) is 16.0. The third-order valence-corrected chi connectivity index (χ3v) is 3.07. The summed E-state index contributed by atoms with van der Waals surface area (Å²) in [6.45, 7) is 4.68. The van der Waals surface area contributed by atoms with Crippen LogP contribution in [-0.4, -0.2) is 65.4 Å². The molecule has 1 aromatic carbocycles. The van der Waals surface area contributed by atoms with Crippen LogP contribution in [0.2, 0.25) is 0 Å². The van der Waals surface area contributed by atoms with Gasteiger partial charge in [0.15, 0.2) is 0 Å². The zero-order valence-corrected chi connectivity index (χ0v) is 14.7. The van der Waals surface area contributed by atoms with Gasteiger partial charge < -0.3 is 29.4 Å². The molecule has 0 saturated carbocycles. The lowest BCUT2D eigenvalue weighted by atomic mass is 10.2. The Morgan fingerprint density at radius 1 is 0.760 bits per heavy atom. The molecule has 0 atom stereocenters. The summed E-state index contributed by atoms with van der Waals surface area (Å²) in [5, 5.41) is 0. The molecule has 0 aliphatic heterocycles. The fraction of sp³-hybridized carbons (Fsp3) is 0.611. The summed E-state index contributed by atoms with van der Waals surface area (Å²) in [4.78, 5) is 11.6. The summed E-state index contributed by atoms with van der Waals surface area (Å²) in [6, 6.07) is 9.57. The van der Waals surface area contributed by atoms with Crippen molar-refractivity contribution in [3.63, 3.8) is 0 Å². The Labute approximate surface area is 149 Å². The SMILES string of the molecule is NCCOCCOCCOCCOCCC(=O)OCc1ccccc1. The average molecular weight is 355 g/mol. The number of nitrogens with two attached hydrogens (primary N) is 1. The molecule has 1 rings (SSSR count). The van der Waals surface area contributed by atoms with Crippen LogP contribution in [0.15, 0.2) is 30.3 Å². The van der Waals surface area contributed by atoms with Gasteiger partial charge in [0.1, 0.15) is 6.61 Å². The first-order valence-corrected chi connectivity index (χ1v) is 8.53. The lowest BCUT2D eigenvalue weighted by Gasteiger charge is -2.07. The van der Waals surface area contributed by atoms with Crippen molar-refractivity contribution in [3.05, 3.63) is 35.9 Å². The highest BCUT2D eigenvalue weighted by Crippen LogP contribution is 2.01. The van der Waals surface area contributed by atoms with Gasteiger partial charge in [-0.25, -0.2) is 0 Å². The number of carbonyl (C=O) groups is 1. The van der Waals surface area contributed by atoms with Gasteiger partial charge in [0, 0.05) is 6.54 Å². The smallest absolute Gasteiger partial charge is 0.308 e. The highest BCUT2D eigenvalue weighted by molar-refractivity contribution is 5.69. The minimum Gasteiger partial charge on any atom is -0.461 e. The molecular formula is C18H29NO6. The zero-order chi connectivity index (χ0) is 18.0. The number of hydrogen-bond acceptors (Lipinski definition) is 7. The van der Waals surface area contributed by atoms with Gasteiger partial charge in [0.25, 0.3) is 0 Å². The van der Waals surface area contributed by atoms with E-state index in [1.54, 1.807) is 0 Å². The first-order valence-electron chi connectivity index (χ1n) is 8.53. The number of carbonyl (C=O) groups excluding carboxylic acids is 1. The quantitative estimate of drug-likeness (QED) is 0.351. The van der Waals surface area contributed by atoms with E-state index < -0.39 is 0 Å². The highest BCUT2D eigenvalue weighted by Gasteiger charge is 2.03. The molecule has 0 heterocycles. The highest BCUT2D eigenvalue weighted by atomic mass is 16.6. The van der Waals surface area contributed by atoms with E-state index >= 15 is 0 Å². The van der Waals surface area contributed by atoms with Crippen LogP contribution >= 0.6 is 0 Å². The maximum atomic E-state index is 11.6. The van der Waals surface area contributed by atoms with Crippen LogP contribution in [0.25, 0.3) is 0 Å². The summed E-state index contributed by atoms with van der Waals surface area (Å²) < 4.78 is 26.3. The maximum Gasteiger partial charge on any atom is 0.308 e. The molecule has 25 heavy (non-hydrogen) atoms. The number of hydrogen-bond donors (Lipinski definition) is 1. The van der Waals surface area contributed by atoms with E-state index in [0.29, 0.717) is 66.0 Å². The summed E-state index contributed by atoms with van der Waals surface area (Å²) in [7, 11) is 0. The van der Waals surface area contributed by atoms with Crippen molar-refractivity contribution in [2.75, 3.05) is 59.4 Å². The molecule has 0 aromatic heterocycles.